The van der Waals surface area contributed by atoms with Crippen molar-refractivity contribution in [3.8, 4) is 0 Å². The highest BCUT2D eigenvalue weighted by molar-refractivity contribution is 5.65. The smallest absolute Gasteiger partial charge is 0.292 e. The Bertz CT molecular complexity index is 408. The van der Waals surface area contributed by atoms with Crippen molar-refractivity contribution >= 4 is 11.4 Å². The fourth-order valence-corrected chi connectivity index (χ4v) is 1.96. The summed E-state index contributed by atoms with van der Waals surface area (Å²) in [6.45, 7) is 3.28. The number of anilines is 1. The predicted molar refractivity (Wildman–Crippen MR) is 76.4 cm³/mol. The average molecular weight is 266 g/mol. The van der Waals surface area contributed by atoms with Gasteiger partial charge in [-0.15, -0.1) is 0 Å². The monoisotopic (exact) mass is 266 g/mol. The van der Waals surface area contributed by atoms with Gasteiger partial charge in [0, 0.05) is 25.3 Å². The summed E-state index contributed by atoms with van der Waals surface area (Å²) in [5, 5.41) is 13.8. The second kappa shape index (κ2) is 8.48. The quantitative estimate of drug-likeness (QED) is 0.420. The van der Waals surface area contributed by atoms with E-state index in [1.165, 1.54) is 25.3 Å². The van der Waals surface area contributed by atoms with E-state index in [-0.39, 0.29) is 10.6 Å². The lowest BCUT2D eigenvalue weighted by atomic mass is 10.1. The van der Waals surface area contributed by atoms with Gasteiger partial charge in [0.05, 0.1) is 11.5 Å². The molecule has 0 aliphatic carbocycles. The number of ether oxygens (including phenoxy) is 1. The maximum atomic E-state index is 10.9. The highest BCUT2D eigenvalue weighted by atomic mass is 16.6. The molecule has 0 radical (unpaired) electrons. The number of nitrogens with one attached hydrogen (secondary N) is 1. The molecule has 0 bridgehead atoms. The second-order valence-electron chi connectivity index (χ2n) is 4.43. The van der Waals surface area contributed by atoms with Gasteiger partial charge >= 0.3 is 0 Å². The van der Waals surface area contributed by atoms with E-state index in [9.17, 15) is 10.1 Å². The van der Waals surface area contributed by atoms with Crippen LogP contribution in [0, 0.1) is 10.1 Å². The minimum Gasteiger partial charge on any atom is -0.382 e. The largest absolute Gasteiger partial charge is 0.382 e. The van der Waals surface area contributed by atoms with Gasteiger partial charge in [-0.1, -0.05) is 38.3 Å². The van der Waals surface area contributed by atoms with Crippen molar-refractivity contribution in [2.45, 2.75) is 39.2 Å². The SMILES string of the molecule is CCCCCCOCc1cccc([N+](=O)[O-])c1NC. The van der Waals surface area contributed by atoms with E-state index in [4.69, 9.17) is 4.74 Å². The Morgan fingerprint density at radius 2 is 2.11 bits per heavy atom. The van der Waals surface area contributed by atoms with Crippen LogP contribution in [-0.2, 0) is 11.3 Å². The van der Waals surface area contributed by atoms with E-state index in [1.807, 2.05) is 6.07 Å². The van der Waals surface area contributed by atoms with Crippen molar-refractivity contribution in [3.63, 3.8) is 0 Å². The third-order valence-corrected chi connectivity index (χ3v) is 2.98. The Morgan fingerprint density at radius 1 is 1.32 bits per heavy atom. The summed E-state index contributed by atoms with van der Waals surface area (Å²) < 4.78 is 5.58. The van der Waals surface area contributed by atoms with Gasteiger partial charge in [0.25, 0.3) is 5.69 Å². The van der Waals surface area contributed by atoms with Crippen LogP contribution >= 0.6 is 0 Å². The molecule has 0 aromatic heterocycles. The molecule has 1 aromatic rings. The lowest BCUT2D eigenvalue weighted by Crippen LogP contribution is -2.03. The maximum Gasteiger partial charge on any atom is 0.292 e. The molecular weight excluding hydrogens is 244 g/mol. The van der Waals surface area contributed by atoms with Gasteiger partial charge in [-0.05, 0) is 6.42 Å². The van der Waals surface area contributed by atoms with Crippen molar-refractivity contribution in [2.75, 3.05) is 19.0 Å². The molecular formula is C14H22N2O3. The van der Waals surface area contributed by atoms with E-state index >= 15 is 0 Å². The Labute approximate surface area is 114 Å². The molecule has 0 unspecified atom stereocenters. The van der Waals surface area contributed by atoms with Crippen molar-refractivity contribution in [1.82, 2.24) is 0 Å². The number of unbranched alkanes of at least 4 members (excludes halogenated alkanes) is 3. The molecule has 0 amide bonds. The maximum absolute atomic E-state index is 10.9. The summed E-state index contributed by atoms with van der Waals surface area (Å²) in [4.78, 5) is 10.5. The van der Waals surface area contributed by atoms with Crippen LogP contribution in [0.3, 0.4) is 0 Å². The number of hydrogen-bond acceptors (Lipinski definition) is 4. The molecule has 0 heterocycles. The molecule has 0 fully saturated rings. The Hall–Kier alpha value is -1.62. The number of hydrogen-bond donors (Lipinski definition) is 1. The van der Waals surface area contributed by atoms with Crippen molar-refractivity contribution in [2.24, 2.45) is 0 Å². The van der Waals surface area contributed by atoms with Crippen LogP contribution in [0.5, 0.6) is 0 Å². The number of benzene rings is 1. The topological polar surface area (TPSA) is 64.4 Å². The Balaban J connectivity index is 2.53. The zero-order valence-electron chi connectivity index (χ0n) is 11.6. The molecule has 19 heavy (non-hydrogen) atoms. The molecule has 0 aliphatic heterocycles. The Morgan fingerprint density at radius 3 is 2.74 bits per heavy atom. The van der Waals surface area contributed by atoms with Gasteiger partial charge < -0.3 is 10.1 Å². The number of para-hydroxylation sites is 1. The van der Waals surface area contributed by atoms with Crippen LogP contribution in [0.1, 0.15) is 38.2 Å². The normalized spacial score (nSPS) is 10.4. The fourth-order valence-electron chi connectivity index (χ4n) is 1.96. The number of rotatable bonds is 9. The zero-order valence-corrected chi connectivity index (χ0v) is 11.6. The Kier molecular flexibility index (Phi) is 6.89. The first kappa shape index (κ1) is 15.4. The summed E-state index contributed by atoms with van der Waals surface area (Å²) >= 11 is 0. The van der Waals surface area contributed by atoms with Gasteiger partial charge in [-0.2, -0.15) is 0 Å². The number of nitrogens with zero attached hydrogens (tertiary/aromatic N) is 1. The number of nitro groups is 1. The summed E-state index contributed by atoms with van der Waals surface area (Å²) in [5.41, 5.74) is 1.46. The van der Waals surface area contributed by atoms with Crippen molar-refractivity contribution < 1.29 is 9.66 Å². The van der Waals surface area contributed by atoms with Crippen LogP contribution in [0.2, 0.25) is 0 Å². The fraction of sp³-hybridized carbons (Fsp3) is 0.571. The van der Waals surface area contributed by atoms with Crippen LogP contribution in [-0.4, -0.2) is 18.6 Å². The van der Waals surface area contributed by atoms with Crippen LogP contribution < -0.4 is 5.32 Å². The summed E-state index contributed by atoms with van der Waals surface area (Å²) in [6.07, 6.45) is 4.64. The van der Waals surface area contributed by atoms with Gasteiger partial charge in [0.2, 0.25) is 0 Å². The molecule has 0 atom stereocenters. The second-order valence-corrected chi connectivity index (χ2v) is 4.43. The van der Waals surface area contributed by atoms with E-state index in [0.717, 1.165) is 12.0 Å². The zero-order chi connectivity index (χ0) is 14.1. The predicted octanol–water partition coefficient (Wildman–Crippen LogP) is 3.73. The van der Waals surface area contributed by atoms with E-state index < -0.39 is 0 Å². The first-order chi connectivity index (χ1) is 9.20. The third-order valence-electron chi connectivity index (χ3n) is 2.98. The lowest BCUT2D eigenvalue weighted by Gasteiger charge is -2.10. The third kappa shape index (κ3) is 4.87. The van der Waals surface area contributed by atoms with Gasteiger partial charge in [0.15, 0.2) is 0 Å². The van der Waals surface area contributed by atoms with Crippen LogP contribution in [0.25, 0.3) is 0 Å². The summed E-state index contributed by atoms with van der Waals surface area (Å²) in [7, 11) is 1.69. The minimum atomic E-state index is -0.378. The average Bonchev–Trinajstić information content (AvgIpc) is 2.42. The van der Waals surface area contributed by atoms with Gasteiger partial charge in [0.1, 0.15) is 5.69 Å². The highest BCUT2D eigenvalue weighted by Gasteiger charge is 2.15. The summed E-state index contributed by atoms with van der Waals surface area (Å²) in [6, 6.07) is 5.04. The van der Waals surface area contributed by atoms with E-state index in [1.54, 1.807) is 13.1 Å². The van der Waals surface area contributed by atoms with Crippen LogP contribution in [0.4, 0.5) is 11.4 Å². The van der Waals surface area contributed by atoms with Crippen molar-refractivity contribution in [3.05, 3.63) is 33.9 Å². The summed E-state index contributed by atoms with van der Waals surface area (Å²) in [5.74, 6) is 0. The van der Waals surface area contributed by atoms with Crippen LogP contribution in [0.15, 0.2) is 18.2 Å². The minimum absolute atomic E-state index is 0.0922. The first-order valence-electron chi connectivity index (χ1n) is 6.72. The van der Waals surface area contributed by atoms with Gasteiger partial charge in [-0.25, -0.2) is 0 Å². The molecule has 1 aromatic carbocycles. The molecule has 0 aliphatic rings. The van der Waals surface area contributed by atoms with Crippen molar-refractivity contribution in [1.29, 1.82) is 0 Å². The molecule has 5 heteroatoms. The molecule has 1 N–H and O–H groups in total. The molecule has 5 nitrogen and oxygen atoms in total. The van der Waals surface area contributed by atoms with E-state index in [0.29, 0.717) is 18.9 Å². The number of nitro benzene ring substituents is 1. The van der Waals surface area contributed by atoms with Gasteiger partial charge in [-0.3, -0.25) is 10.1 Å². The molecule has 0 spiro atoms. The molecule has 0 saturated heterocycles. The lowest BCUT2D eigenvalue weighted by molar-refractivity contribution is -0.384. The molecule has 1 rings (SSSR count). The standard InChI is InChI=1S/C14H22N2O3/c1-3-4-5-6-10-19-11-12-8-7-9-13(16(17)18)14(12)15-2/h7-9,15H,3-6,10-11H2,1-2H3. The van der Waals surface area contributed by atoms with E-state index in [2.05, 4.69) is 12.2 Å². The molecule has 0 saturated carbocycles. The molecule has 106 valence electrons. The highest BCUT2D eigenvalue weighted by Crippen LogP contribution is 2.28. The first-order valence-corrected chi connectivity index (χ1v) is 6.72.